The Morgan fingerprint density at radius 2 is 0.706 bits per heavy atom. The van der Waals surface area contributed by atoms with E-state index >= 15 is 0 Å². The Labute approximate surface area is 104 Å². The quantitative estimate of drug-likeness (QED) is 0.324. The van der Waals surface area contributed by atoms with Crippen LogP contribution >= 0.6 is 0 Å². The zero-order valence-electron chi connectivity index (χ0n) is 8.77. The van der Waals surface area contributed by atoms with Gasteiger partial charge in [-0.25, -0.2) is 0 Å². The third-order valence-electron chi connectivity index (χ3n) is 3.39. The molecule has 4 rings (SSSR count). The Hall–Kier alpha value is -1.86. The van der Waals surface area contributed by atoms with E-state index in [0.717, 1.165) is 0 Å². The van der Waals surface area contributed by atoms with Crippen LogP contribution in [-0.2, 0) is 0 Å². The molecule has 82 valence electrons. The predicted octanol–water partition coefficient (Wildman–Crippen LogP) is 3.13. The number of hydrogen-bond donors (Lipinski definition) is 0. The predicted molar refractivity (Wildman–Crippen MR) is 81.5 cm³/mol. The average Bonchev–Trinajstić information content (AvgIpc) is 2.36. The van der Waals surface area contributed by atoms with Gasteiger partial charge in [-0.3, -0.25) is 0 Å². The van der Waals surface area contributed by atoms with Crippen LogP contribution in [0.15, 0.2) is 60.7 Å². The summed E-state index contributed by atoms with van der Waals surface area (Å²) in [5.74, 6) is 0. The van der Waals surface area contributed by atoms with E-state index in [1.807, 2.05) is 0 Å². The van der Waals surface area contributed by atoms with Gasteiger partial charge in [-0.1, -0.05) is 60.7 Å². The molecule has 0 nitrogen and oxygen atoms in total. The molecule has 0 aromatic heterocycles. The van der Waals surface area contributed by atoms with Crippen molar-refractivity contribution in [1.82, 2.24) is 0 Å². The largest absolute Gasteiger partial charge is 0.0610 e. The van der Waals surface area contributed by atoms with Crippen molar-refractivity contribution in [2.24, 2.45) is 0 Å². The van der Waals surface area contributed by atoms with Gasteiger partial charge in [0.1, 0.15) is 0 Å². The minimum absolute atomic E-state index is 0. The van der Waals surface area contributed by atoms with Crippen LogP contribution in [-0.4, -0.2) is 11.0 Å². The molecular formula is C16H14Si. The topological polar surface area (TPSA) is 0 Å². The van der Waals surface area contributed by atoms with Gasteiger partial charge in [0.25, 0.3) is 0 Å². The zero-order valence-corrected chi connectivity index (χ0v) is 8.77. The molecule has 0 spiro atoms. The maximum atomic E-state index is 2.21. The maximum absolute atomic E-state index is 2.21. The molecular weight excluding hydrogens is 220 g/mol. The fourth-order valence-electron chi connectivity index (χ4n) is 2.67. The number of hydrogen-bond acceptors (Lipinski definition) is 0. The third-order valence-corrected chi connectivity index (χ3v) is 3.39. The van der Waals surface area contributed by atoms with Crippen LogP contribution in [0.5, 0.6) is 0 Å². The van der Waals surface area contributed by atoms with Crippen LogP contribution < -0.4 is 0 Å². The standard InChI is InChI=1S/C16H10.H4Si/c1-3-11-7-9-13-5-2-6-14-10-8-12(4-1)15(11)16(13)14;/h1-10H;1H4. The lowest BCUT2D eigenvalue weighted by atomic mass is 9.95. The summed E-state index contributed by atoms with van der Waals surface area (Å²) in [6, 6.07) is 21.9. The highest BCUT2D eigenvalue weighted by molar-refractivity contribution is 6.22. The summed E-state index contributed by atoms with van der Waals surface area (Å²) in [4.78, 5) is 0. The second-order valence-corrected chi connectivity index (χ2v) is 4.29. The fraction of sp³-hybridized carbons (Fsp3) is 0. The smallest absolute Gasteiger partial charge is 0.00268 e. The third kappa shape index (κ3) is 1.29. The molecule has 0 atom stereocenters. The Morgan fingerprint density at radius 3 is 1.00 bits per heavy atom. The van der Waals surface area contributed by atoms with E-state index < -0.39 is 0 Å². The van der Waals surface area contributed by atoms with Gasteiger partial charge in [-0.2, -0.15) is 0 Å². The first-order valence-corrected chi connectivity index (χ1v) is 5.56. The molecule has 0 saturated carbocycles. The summed E-state index contributed by atoms with van der Waals surface area (Å²) < 4.78 is 0. The fourth-order valence-corrected chi connectivity index (χ4v) is 2.67. The van der Waals surface area contributed by atoms with Gasteiger partial charge in [0, 0.05) is 0 Å². The van der Waals surface area contributed by atoms with Crippen molar-refractivity contribution in [2.75, 3.05) is 0 Å². The van der Waals surface area contributed by atoms with Crippen molar-refractivity contribution in [3.8, 4) is 0 Å². The summed E-state index contributed by atoms with van der Waals surface area (Å²) in [5, 5.41) is 8.14. The molecule has 0 aliphatic heterocycles. The van der Waals surface area contributed by atoms with Crippen molar-refractivity contribution in [3.05, 3.63) is 60.7 Å². The highest BCUT2D eigenvalue weighted by atomic mass is 28.1. The van der Waals surface area contributed by atoms with Crippen LogP contribution in [0, 0.1) is 0 Å². The Balaban J connectivity index is 0.000000902. The molecule has 4 aromatic carbocycles. The van der Waals surface area contributed by atoms with Gasteiger partial charge >= 0.3 is 0 Å². The van der Waals surface area contributed by atoms with E-state index in [1.165, 1.54) is 32.3 Å². The van der Waals surface area contributed by atoms with Gasteiger partial charge in [-0.05, 0) is 43.3 Å². The summed E-state index contributed by atoms with van der Waals surface area (Å²) in [5.41, 5.74) is 0. The van der Waals surface area contributed by atoms with Gasteiger partial charge in [-0.15, -0.1) is 0 Å². The summed E-state index contributed by atoms with van der Waals surface area (Å²) in [6.45, 7) is 0. The average molecular weight is 234 g/mol. The normalized spacial score (nSPS) is 11.1. The molecule has 0 aliphatic carbocycles. The first kappa shape index (κ1) is 10.3. The lowest BCUT2D eigenvalue weighted by molar-refractivity contribution is 1.78. The van der Waals surface area contributed by atoms with E-state index in [4.69, 9.17) is 0 Å². The molecule has 0 amide bonds. The van der Waals surface area contributed by atoms with Crippen LogP contribution in [0.1, 0.15) is 0 Å². The molecule has 0 N–H and O–H groups in total. The molecule has 0 aliphatic rings. The molecule has 0 bridgehead atoms. The van der Waals surface area contributed by atoms with E-state index in [-0.39, 0.29) is 11.0 Å². The Morgan fingerprint density at radius 1 is 0.412 bits per heavy atom. The van der Waals surface area contributed by atoms with Crippen molar-refractivity contribution >= 4 is 43.3 Å². The first-order chi connectivity index (χ1) is 7.93. The summed E-state index contributed by atoms with van der Waals surface area (Å²) >= 11 is 0. The zero-order chi connectivity index (χ0) is 10.5. The Kier molecular flexibility index (Phi) is 2.16. The highest BCUT2D eigenvalue weighted by Crippen LogP contribution is 2.33. The van der Waals surface area contributed by atoms with Crippen molar-refractivity contribution < 1.29 is 0 Å². The molecule has 1 heteroatoms. The van der Waals surface area contributed by atoms with Gasteiger partial charge < -0.3 is 0 Å². The molecule has 0 fully saturated rings. The highest BCUT2D eigenvalue weighted by Gasteiger charge is 2.05. The van der Waals surface area contributed by atoms with Crippen LogP contribution in [0.3, 0.4) is 0 Å². The molecule has 0 saturated heterocycles. The summed E-state index contributed by atoms with van der Waals surface area (Å²) in [6.07, 6.45) is 0. The molecule has 0 radical (unpaired) electrons. The van der Waals surface area contributed by atoms with Crippen LogP contribution in [0.4, 0.5) is 0 Å². The second-order valence-electron chi connectivity index (χ2n) is 4.29. The second kappa shape index (κ2) is 3.57. The van der Waals surface area contributed by atoms with Gasteiger partial charge in [0.2, 0.25) is 0 Å². The van der Waals surface area contributed by atoms with E-state index in [0.29, 0.717) is 0 Å². The maximum Gasteiger partial charge on any atom is -0.00268 e. The number of rotatable bonds is 0. The van der Waals surface area contributed by atoms with Crippen LogP contribution in [0.2, 0.25) is 0 Å². The minimum Gasteiger partial charge on any atom is -0.0610 e. The lowest BCUT2D eigenvalue weighted by Crippen LogP contribution is -1.82. The molecule has 0 unspecified atom stereocenters. The van der Waals surface area contributed by atoms with Gasteiger partial charge in [0.15, 0.2) is 0 Å². The SMILES string of the molecule is [SiH4].c1cc2ccc3cccc4ccc(c1)c2c34. The molecule has 0 heterocycles. The monoisotopic (exact) mass is 234 g/mol. The van der Waals surface area contributed by atoms with Crippen molar-refractivity contribution in [1.29, 1.82) is 0 Å². The van der Waals surface area contributed by atoms with E-state index in [1.54, 1.807) is 0 Å². The van der Waals surface area contributed by atoms with Gasteiger partial charge in [0.05, 0.1) is 0 Å². The first-order valence-electron chi connectivity index (χ1n) is 5.56. The Bertz CT molecular complexity index is 672. The number of benzene rings is 4. The molecule has 17 heavy (non-hydrogen) atoms. The molecule has 4 aromatic rings. The van der Waals surface area contributed by atoms with E-state index in [2.05, 4.69) is 60.7 Å². The summed E-state index contributed by atoms with van der Waals surface area (Å²) in [7, 11) is 0. The minimum atomic E-state index is 0. The van der Waals surface area contributed by atoms with E-state index in [9.17, 15) is 0 Å². The van der Waals surface area contributed by atoms with Crippen molar-refractivity contribution in [3.63, 3.8) is 0 Å². The van der Waals surface area contributed by atoms with Crippen LogP contribution in [0.25, 0.3) is 32.3 Å². The lowest BCUT2D eigenvalue weighted by Gasteiger charge is -2.09. The van der Waals surface area contributed by atoms with Crippen molar-refractivity contribution in [2.45, 2.75) is 0 Å².